The van der Waals surface area contributed by atoms with E-state index in [1.807, 2.05) is 6.26 Å². The second-order valence-corrected chi connectivity index (χ2v) is 4.31. The van der Waals surface area contributed by atoms with Crippen LogP contribution in [0.4, 0.5) is 10.3 Å². The van der Waals surface area contributed by atoms with E-state index in [2.05, 4.69) is 15.0 Å². The van der Waals surface area contributed by atoms with Gasteiger partial charge in [0, 0.05) is 5.56 Å². The van der Waals surface area contributed by atoms with Crippen LogP contribution in [0.2, 0.25) is 5.02 Å². The first-order valence-corrected chi connectivity index (χ1v) is 6.21. The number of nitrogens with two attached hydrogens (primary N) is 1. The van der Waals surface area contributed by atoms with Gasteiger partial charge in [-0.2, -0.15) is 9.97 Å². The quantitative estimate of drug-likeness (QED) is 0.850. The highest BCUT2D eigenvalue weighted by atomic mass is 35.5. The molecule has 0 atom stereocenters. The van der Waals surface area contributed by atoms with E-state index in [1.54, 1.807) is 0 Å². The van der Waals surface area contributed by atoms with E-state index in [0.29, 0.717) is 16.5 Å². The fraction of sp³-hybridized carbons (Fsp3) is 0.100. The molecular formula is C10H8ClFN4S. The molecule has 0 fully saturated rings. The van der Waals surface area contributed by atoms with Crippen molar-refractivity contribution in [2.75, 3.05) is 12.0 Å². The monoisotopic (exact) mass is 270 g/mol. The first-order valence-electron chi connectivity index (χ1n) is 4.61. The molecule has 0 saturated heterocycles. The van der Waals surface area contributed by atoms with Gasteiger partial charge >= 0.3 is 0 Å². The molecule has 2 rings (SSSR count). The second-order valence-electron chi connectivity index (χ2n) is 3.13. The Morgan fingerprint density at radius 2 is 2.06 bits per heavy atom. The molecule has 1 aromatic heterocycles. The molecule has 88 valence electrons. The molecule has 0 aliphatic rings. The zero-order chi connectivity index (χ0) is 12.4. The zero-order valence-corrected chi connectivity index (χ0v) is 10.4. The highest BCUT2D eigenvalue weighted by molar-refractivity contribution is 7.98. The lowest BCUT2D eigenvalue weighted by atomic mass is 10.2. The number of thioether (sulfide) groups is 1. The molecule has 0 aliphatic heterocycles. The molecule has 1 heterocycles. The van der Waals surface area contributed by atoms with Gasteiger partial charge in [-0.1, -0.05) is 23.4 Å². The van der Waals surface area contributed by atoms with Crippen LogP contribution in [-0.4, -0.2) is 21.2 Å². The maximum Gasteiger partial charge on any atom is 0.224 e. The summed E-state index contributed by atoms with van der Waals surface area (Å²) in [5, 5.41) is 0.732. The van der Waals surface area contributed by atoms with Crippen LogP contribution in [0.15, 0.2) is 23.4 Å². The fourth-order valence-electron chi connectivity index (χ4n) is 1.25. The van der Waals surface area contributed by atoms with Crippen molar-refractivity contribution in [2.45, 2.75) is 5.16 Å². The summed E-state index contributed by atoms with van der Waals surface area (Å²) in [5.74, 6) is 0.0393. The molecule has 0 unspecified atom stereocenters. The third-order valence-corrected chi connectivity index (χ3v) is 2.85. The summed E-state index contributed by atoms with van der Waals surface area (Å²) in [7, 11) is 0. The molecule has 17 heavy (non-hydrogen) atoms. The van der Waals surface area contributed by atoms with Crippen LogP contribution in [0.25, 0.3) is 11.4 Å². The first kappa shape index (κ1) is 12.1. The molecule has 0 amide bonds. The van der Waals surface area contributed by atoms with Gasteiger partial charge < -0.3 is 5.73 Å². The van der Waals surface area contributed by atoms with E-state index in [9.17, 15) is 4.39 Å². The van der Waals surface area contributed by atoms with Crippen LogP contribution in [0.5, 0.6) is 0 Å². The third-order valence-electron chi connectivity index (χ3n) is 1.99. The highest BCUT2D eigenvalue weighted by Gasteiger charge is 2.10. The summed E-state index contributed by atoms with van der Waals surface area (Å²) >= 11 is 7.27. The van der Waals surface area contributed by atoms with Gasteiger partial charge in [0.15, 0.2) is 11.0 Å². The second kappa shape index (κ2) is 4.85. The molecule has 2 aromatic rings. The summed E-state index contributed by atoms with van der Waals surface area (Å²) < 4.78 is 12.9. The van der Waals surface area contributed by atoms with Crippen molar-refractivity contribution >= 4 is 29.3 Å². The van der Waals surface area contributed by atoms with Crippen LogP contribution in [-0.2, 0) is 0 Å². The molecule has 0 saturated carbocycles. The summed E-state index contributed by atoms with van der Waals surface area (Å²) in [4.78, 5) is 12.1. The number of nitrogens with zero attached hydrogens (tertiary/aromatic N) is 3. The van der Waals surface area contributed by atoms with Gasteiger partial charge in [-0.05, 0) is 24.5 Å². The molecule has 0 spiro atoms. The van der Waals surface area contributed by atoms with Gasteiger partial charge in [0.1, 0.15) is 5.82 Å². The van der Waals surface area contributed by atoms with E-state index in [4.69, 9.17) is 17.3 Å². The topological polar surface area (TPSA) is 64.7 Å². The maximum atomic E-state index is 12.9. The summed E-state index contributed by atoms with van der Waals surface area (Å²) in [5.41, 5.74) is 6.09. The standard InChI is InChI=1S/C10H8ClFN4S/c1-17-10-15-8(14-9(13)16-10)6-3-2-5(12)4-7(6)11/h2-4H,1H3,(H2,13,14,15,16). The smallest absolute Gasteiger partial charge is 0.224 e. The number of aromatic nitrogens is 3. The normalized spacial score (nSPS) is 10.5. The number of rotatable bonds is 2. The SMILES string of the molecule is CSc1nc(N)nc(-c2ccc(F)cc2Cl)n1. The van der Waals surface area contributed by atoms with Crippen LogP contribution in [0.1, 0.15) is 0 Å². The Bertz CT molecular complexity index is 564. The Balaban J connectivity index is 2.55. The van der Waals surface area contributed by atoms with Crippen molar-refractivity contribution in [1.82, 2.24) is 15.0 Å². The fourth-order valence-corrected chi connectivity index (χ4v) is 1.87. The summed E-state index contributed by atoms with van der Waals surface area (Å²) in [6.45, 7) is 0. The molecule has 2 N–H and O–H groups in total. The highest BCUT2D eigenvalue weighted by Crippen LogP contribution is 2.27. The Hall–Kier alpha value is -1.40. The van der Waals surface area contributed by atoms with Crippen LogP contribution in [0.3, 0.4) is 0 Å². The number of nitrogen functional groups attached to an aromatic ring is 1. The van der Waals surface area contributed by atoms with Gasteiger partial charge in [0.25, 0.3) is 0 Å². The third kappa shape index (κ3) is 2.65. The molecule has 0 aliphatic carbocycles. The average Bonchev–Trinajstić information content (AvgIpc) is 2.28. The van der Waals surface area contributed by atoms with Crippen molar-refractivity contribution in [2.24, 2.45) is 0 Å². The predicted molar refractivity (Wildman–Crippen MR) is 66.4 cm³/mol. The minimum absolute atomic E-state index is 0.111. The minimum atomic E-state index is -0.411. The predicted octanol–water partition coefficient (Wildman–Crippen LogP) is 2.64. The average molecular weight is 271 g/mol. The van der Waals surface area contributed by atoms with Crippen molar-refractivity contribution in [3.8, 4) is 11.4 Å². The number of anilines is 1. The molecule has 0 radical (unpaired) electrons. The number of halogens is 2. The number of benzene rings is 1. The Kier molecular flexibility index (Phi) is 3.44. The molecule has 1 aromatic carbocycles. The van der Waals surface area contributed by atoms with Crippen molar-refractivity contribution in [3.63, 3.8) is 0 Å². The Morgan fingerprint density at radius 1 is 1.29 bits per heavy atom. The van der Waals surface area contributed by atoms with Gasteiger partial charge in [-0.3, -0.25) is 0 Å². The van der Waals surface area contributed by atoms with Crippen molar-refractivity contribution in [1.29, 1.82) is 0 Å². The van der Waals surface area contributed by atoms with Crippen molar-refractivity contribution < 1.29 is 4.39 Å². The van der Waals surface area contributed by atoms with Gasteiger partial charge in [0.2, 0.25) is 5.95 Å². The zero-order valence-electron chi connectivity index (χ0n) is 8.82. The number of hydrogen-bond donors (Lipinski definition) is 1. The number of hydrogen-bond acceptors (Lipinski definition) is 5. The lowest BCUT2D eigenvalue weighted by molar-refractivity contribution is 0.628. The lowest BCUT2D eigenvalue weighted by Gasteiger charge is -2.05. The van der Waals surface area contributed by atoms with Crippen LogP contribution in [0, 0.1) is 5.82 Å². The lowest BCUT2D eigenvalue weighted by Crippen LogP contribution is -2.01. The molecule has 4 nitrogen and oxygen atoms in total. The van der Waals surface area contributed by atoms with E-state index >= 15 is 0 Å². The largest absolute Gasteiger partial charge is 0.368 e. The van der Waals surface area contributed by atoms with Gasteiger partial charge in [0.05, 0.1) is 5.02 Å². The van der Waals surface area contributed by atoms with E-state index < -0.39 is 5.82 Å². The summed E-state index contributed by atoms with van der Waals surface area (Å²) in [6.07, 6.45) is 1.82. The van der Waals surface area contributed by atoms with Gasteiger partial charge in [-0.15, -0.1) is 0 Å². The maximum absolute atomic E-state index is 12.9. The Morgan fingerprint density at radius 3 is 2.71 bits per heavy atom. The van der Waals surface area contributed by atoms with E-state index in [-0.39, 0.29) is 11.0 Å². The molecular weight excluding hydrogens is 263 g/mol. The van der Waals surface area contributed by atoms with Crippen molar-refractivity contribution in [3.05, 3.63) is 29.0 Å². The first-order chi connectivity index (χ1) is 8.10. The molecule has 7 heteroatoms. The van der Waals surface area contributed by atoms with Crippen LogP contribution >= 0.6 is 23.4 Å². The molecule has 0 bridgehead atoms. The summed E-state index contributed by atoms with van der Waals surface area (Å²) in [6, 6.07) is 4.01. The Labute approximate surface area is 106 Å². The van der Waals surface area contributed by atoms with E-state index in [0.717, 1.165) is 0 Å². The van der Waals surface area contributed by atoms with Gasteiger partial charge in [-0.25, -0.2) is 9.37 Å². The minimum Gasteiger partial charge on any atom is -0.368 e. The van der Waals surface area contributed by atoms with E-state index in [1.165, 1.54) is 30.0 Å². The van der Waals surface area contributed by atoms with Crippen LogP contribution < -0.4 is 5.73 Å².